The molecule has 0 spiro atoms. The summed E-state index contributed by atoms with van der Waals surface area (Å²) in [6.45, 7) is 2.25. The smallest absolute Gasteiger partial charge is 0.338 e. The van der Waals surface area contributed by atoms with Crippen molar-refractivity contribution in [1.29, 1.82) is 0 Å². The molecule has 1 aromatic carbocycles. The topological polar surface area (TPSA) is 107 Å². The molecule has 0 aliphatic carbocycles. The van der Waals surface area contributed by atoms with Crippen LogP contribution in [0.5, 0.6) is 5.75 Å². The monoisotopic (exact) mass is 374 g/mol. The van der Waals surface area contributed by atoms with Crippen molar-refractivity contribution < 1.29 is 28.3 Å². The van der Waals surface area contributed by atoms with E-state index >= 15 is 0 Å². The van der Waals surface area contributed by atoms with Gasteiger partial charge in [0.15, 0.2) is 6.61 Å². The Morgan fingerprint density at radius 2 is 1.89 bits per heavy atom. The number of carbonyl (C=O) groups excluding carboxylic acids is 3. The fraction of sp³-hybridized carbons (Fsp3) is 0.316. The maximum atomic E-state index is 11.9. The van der Waals surface area contributed by atoms with Crippen molar-refractivity contribution in [3.63, 3.8) is 0 Å². The second-order valence-electron chi connectivity index (χ2n) is 5.61. The minimum Gasteiger partial charge on any atom is -0.494 e. The zero-order valence-electron chi connectivity index (χ0n) is 15.0. The van der Waals surface area contributed by atoms with E-state index in [0.717, 1.165) is 12.8 Å². The van der Waals surface area contributed by atoms with Crippen LogP contribution < -0.4 is 15.4 Å². The van der Waals surface area contributed by atoms with Gasteiger partial charge in [-0.05, 0) is 42.8 Å². The van der Waals surface area contributed by atoms with Gasteiger partial charge in [0.25, 0.3) is 5.91 Å². The molecule has 0 saturated carbocycles. The molecule has 0 fully saturated rings. The molecule has 0 saturated heterocycles. The highest BCUT2D eigenvalue weighted by Gasteiger charge is 2.13. The van der Waals surface area contributed by atoms with Crippen molar-refractivity contribution in [2.75, 3.05) is 13.2 Å². The number of esters is 1. The zero-order valence-corrected chi connectivity index (χ0v) is 15.0. The molecule has 0 unspecified atom stereocenters. The number of carbonyl (C=O) groups is 3. The quantitative estimate of drug-likeness (QED) is 0.516. The molecule has 0 aliphatic heterocycles. The molecule has 8 nitrogen and oxygen atoms in total. The number of urea groups is 1. The number of ether oxygens (including phenoxy) is 2. The van der Waals surface area contributed by atoms with Gasteiger partial charge < -0.3 is 19.2 Å². The maximum Gasteiger partial charge on any atom is 0.338 e. The van der Waals surface area contributed by atoms with Crippen LogP contribution in [-0.4, -0.2) is 31.1 Å². The molecule has 3 amide bonds. The van der Waals surface area contributed by atoms with Gasteiger partial charge in [-0.15, -0.1) is 0 Å². The highest BCUT2D eigenvalue weighted by atomic mass is 16.5. The fourth-order valence-corrected chi connectivity index (χ4v) is 2.02. The molecule has 8 heteroatoms. The Morgan fingerprint density at radius 1 is 1.11 bits per heavy atom. The van der Waals surface area contributed by atoms with Gasteiger partial charge in [0.05, 0.1) is 25.0 Å². The summed E-state index contributed by atoms with van der Waals surface area (Å²) in [7, 11) is 0. The van der Waals surface area contributed by atoms with Crippen LogP contribution in [0, 0.1) is 0 Å². The lowest BCUT2D eigenvalue weighted by atomic mass is 10.2. The lowest BCUT2D eigenvalue weighted by Crippen LogP contribution is -2.41. The normalized spacial score (nSPS) is 10.1. The van der Waals surface area contributed by atoms with Crippen molar-refractivity contribution in [2.24, 2.45) is 0 Å². The Labute approximate surface area is 156 Å². The molecule has 144 valence electrons. The average molecular weight is 374 g/mol. The lowest BCUT2D eigenvalue weighted by Gasteiger charge is -2.08. The van der Waals surface area contributed by atoms with E-state index in [0.29, 0.717) is 18.1 Å². The molecular formula is C19H22N2O6. The largest absolute Gasteiger partial charge is 0.494 e. The number of hydrogen-bond acceptors (Lipinski definition) is 6. The number of rotatable bonds is 9. The van der Waals surface area contributed by atoms with Gasteiger partial charge in [-0.25, -0.2) is 9.59 Å². The Morgan fingerprint density at radius 3 is 2.56 bits per heavy atom. The molecule has 2 N–H and O–H groups in total. The first-order valence-corrected chi connectivity index (χ1v) is 8.58. The van der Waals surface area contributed by atoms with E-state index in [1.54, 1.807) is 36.4 Å². The SMILES string of the molecule is CCCCOc1ccc(C(=O)OCC(=O)NC(=O)NCc2ccco2)cc1. The van der Waals surface area contributed by atoms with E-state index in [1.807, 2.05) is 0 Å². The lowest BCUT2D eigenvalue weighted by molar-refractivity contribution is -0.123. The molecule has 0 bridgehead atoms. The van der Waals surface area contributed by atoms with Crippen LogP contribution in [0.3, 0.4) is 0 Å². The summed E-state index contributed by atoms with van der Waals surface area (Å²) in [6, 6.07) is 9.09. The Hall–Kier alpha value is -3.29. The Bertz CT molecular complexity index is 740. The van der Waals surface area contributed by atoms with Gasteiger partial charge in [0.2, 0.25) is 0 Å². The van der Waals surface area contributed by atoms with Crippen LogP contribution in [0.15, 0.2) is 47.1 Å². The van der Waals surface area contributed by atoms with E-state index in [-0.39, 0.29) is 12.1 Å². The van der Waals surface area contributed by atoms with Gasteiger partial charge in [0.1, 0.15) is 11.5 Å². The number of hydrogen-bond donors (Lipinski definition) is 2. The molecule has 1 aromatic heterocycles. The summed E-state index contributed by atoms with van der Waals surface area (Å²) < 4.78 is 15.4. The molecule has 2 aromatic rings. The average Bonchev–Trinajstić information content (AvgIpc) is 3.19. The summed E-state index contributed by atoms with van der Waals surface area (Å²) in [5.41, 5.74) is 0.285. The number of benzene rings is 1. The minimum atomic E-state index is -0.736. The van der Waals surface area contributed by atoms with Crippen LogP contribution >= 0.6 is 0 Å². The summed E-state index contributed by atoms with van der Waals surface area (Å²) >= 11 is 0. The second-order valence-corrected chi connectivity index (χ2v) is 5.61. The number of amides is 3. The van der Waals surface area contributed by atoms with E-state index < -0.39 is 24.5 Å². The van der Waals surface area contributed by atoms with Crippen molar-refractivity contribution >= 4 is 17.9 Å². The predicted molar refractivity (Wildman–Crippen MR) is 96.2 cm³/mol. The van der Waals surface area contributed by atoms with Crippen LogP contribution in [0.1, 0.15) is 35.9 Å². The van der Waals surface area contributed by atoms with Crippen molar-refractivity contribution in [2.45, 2.75) is 26.3 Å². The first-order chi connectivity index (χ1) is 13.1. The third kappa shape index (κ3) is 7.23. The zero-order chi connectivity index (χ0) is 19.5. The summed E-state index contributed by atoms with van der Waals surface area (Å²) in [6.07, 6.45) is 3.46. The van der Waals surface area contributed by atoms with Crippen LogP contribution in [0.25, 0.3) is 0 Å². The first-order valence-electron chi connectivity index (χ1n) is 8.58. The third-order valence-corrected chi connectivity index (χ3v) is 3.45. The van der Waals surface area contributed by atoms with Gasteiger partial charge in [-0.3, -0.25) is 10.1 Å². The van der Waals surface area contributed by atoms with E-state index in [4.69, 9.17) is 13.9 Å². The maximum absolute atomic E-state index is 11.9. The number of imide groups is 1. The second kappa shape index (κ2) is 10.6. The van der Waals surface area contributed by atoms with Crippen molar-refractivity contribution in [3.8, 4) is 5.75 Å². The van der Waals surface area contributed by atoms with Gasteiger partial charge in [-0.1, -0.05) is 13.3 Å². The Kier molecular flexibility index (Phi) is 7.90. The summed E-state index contributed by atoms with van der Waals surface area (Å²) in [4.78, 5) is 35.2. The highest BCUT2D eigenvalue weighted by Crippen LogP contribution is 2.13. The van der Waals surface area contributed by atoms with Crippen molar-refractivity contribution in [3.05, 3.63) is 54.0 Å². The minimum absolute atomic E-state index is 0.137. The van der Waals surface area contributed by atoms with E-state index in [1.165, 1.54) is 6.26 Å². The van der Waals surface area contributed by atoms with E-state index in [9.17, 15) is 14.4 Å². The molecule has 27 heavy (non-hydrogen) atoms. The first kappa shape index (κ1) is 20.0. The third-order valence-electron chi connectivity index (χ3n) is 3.45. The molecule has 0 atom stereocenters. The molecule has 1 heterocycles. The summed E-state index contributed by atoms with van der Waals surface area (Å²) in [5, 5.41) is 4.50. The molecule has 2 rings (SSSR count). The Balaban J connectivity index is 1.69. The number of nitrogens with one attached hydrogen (secondary N) is 2. The van der Waals surface area contributed by atoms with E-state index in [2.05, 4.69) is 17.6 Å². The predicted octanol–water partition coefficient (Wildman–Crippen LogP) is 2.64. The number of furan rings is 1. The highest BCUT2D eigenvalue weighted by molar-refractivity contribution is 5.97. The van der Waals surface area contributed by atoms with Gasteiger partial charge in [0, 0.05) is 0 Å². The number of unbranched alkanes of at least 4 members (excludes halogenated alkanes) is 1. The fourth-order valence-electron chi connectivity index (χ4n) is 2.02. The van der Waals surface area contributed by atoms with Gasteiger partial charge in [-0.2, -0.15) is 0 Å². The molecule has 0 radical (unpaired) electrons. The van der Waals surface area contributed by atoms with Crippen LogP contribution in [-0.2, 0) is 16.1 Å². The van der Waals surface area contributed by atoms with Crippen molar-refractivity contribution in [1.82, 2.24) is 10.6 Å². The standard InChI is InChI=1S/C19H22N2O6/c1-2-3-10-25-15-8-6-14(7-9-15)18(23)27-13-17(22)21-19(24)20-12-16-5-4-11-26-16/h4-9,11H,2-3,10,12-13H2,1H3,(H2,20,21,22,24). The summed E-state index contributed by atoms with van der Waals surface area (Å²) in [5.74, 6) is -0.196. The van der Waals surface area contributed by atoms with Gasteiger partial charge >= 0.3 is 12.0 Å². The van der Waals surface area contributed by atoms with Crippen LogP contribution in [0.2, 0.25) is 0 Å². The molecule has 0 aliphatic rings. The molecular weight excluding hydrogens is 352 g/mol. The van der Waals surface area contributed by atoms with Crippen LogP contribution in [0.4, 0.5) is 4.79 Å².